The molecule has 0 heterocycles. The van der Waals surface area contributed by atoms with E-state index in [9.17, 15) is 14.5 Å². The maximum atomic E-state index is 13.2. The molecule has 0 amide bonds. The summed E-state index contributed by atoms with van der Waals surface area (Å²) in [7, 11) is 0. The van der Waals surface area contributed by atoms with Gasteiger partial charge >= 0.3 is 5.69 Å². The Bertz CT molecular complexity index is 430. The molecular weight excluding hydrogens is 255 g/mol. The lowest BCUT2D eigenvalue weighted by atomic mass is 10.3. The van der Waals surface area contributed by atoms with Gasteiger partial charge in [0, 0.05) is 18.7 Å². The normalized spacial score (nSPS) is 12.2. The third-order valence-electron chi connectivity index (χ3n) is 1.90. The molecule has 1 atom stereocenters. The summed E-state index contributed by atoms with van der Waals surface area (Å²) < 4.78 is 18.2. The zero-order chi connectivity index (χ0) is 13.0. The molecule has 8 heteroatoms. The SMILES string of the molecule is NCC(O)COc1cc(F)c([N+](=O)[O-])cc1Cl. The van der Waals surface area contributed by atoms with Gasteiger partial charge in [0.2, 0.25) is 5.82 Å². The molecule has 0 aliphatic carbocycles. The van der Waals surface area contributed by atoms with Crippen molar-refractivity contribution in [3.63, 3.8) is 0 Å². The first-order valence-electron chi connectivity index (χ1n) is 4.60. The zero-order valence-electron chi connectivity index (χ0n) is 8.60. The van der Waals surface area contributed by atoms with Gasteiger partial charge in [-0.05, 0) is 0 Å². The molecule has 0 aromatic heterocycles. The van der Waals surface area contributed by atoms with Gasteiger partial charge in [-0.2, -0.15) is 4.39 Å². The molecule has 0 saturated heterocycles. The molecule has 0 aliphatic heterocycles. The number of hydrogen-bond acceptors (Lipinski definition) is 5. The predicted octanol–water partition coefficient (Wildman–Crippen LogP) is 1.09. The van der Waals surface area contributed by atoms with Crippen LogP contribution in [0.1, 0.15) is 0 Å². The molecule has 0 radical (unpaired) electrons. The molecule has 0 bridgehead atoms. The first-order chi connectivity index (χ1) is 7.95. The summed E-state index contributed by atoms with van der Waals surface area (Å²) in [5.74, 6) is -1.14. The second-order valence-electron chi connectivity index (χ2n) is 3.19. The molecule has 1 unspecified atom stereocenters. The number of rotatable bonds is 5. The van der Waals surface area contributed by atoms with Gasteiger partial charge in [0.15, 0.2) is 0 Å². The van der Waals surface area contributed by atoms with Gasteiger partial charge in [-0.25, -0.2) is 0 Å². The number of nitrogens with two attached hydrogens (primary N) is 1. The second kappa shape index (κ2) is 5.76. The minimum absolute atomic E-state index is 0.0208. The van der Waals surface area contributed by atoms with Crippen molar-refractivity contribution in [3.8, 4) is 5.75 Å². The van der Waals surface area contributed by atoms with E-state index in [1.165, 1.54) is 0 Å². The molecule has 0 fully saturated rings. The summed E-state index contributed by atoms with van der Waals surface area (Å²) in [5.41, 5.74) is 4.41. The number of aliphatic hydroxyl groups is 1. The summed E-state index contributed by atoms with van der Waals surface area (Å²) in [4.78, 5) is 9.52. The van der Waals surface area contributed by atoms with Gasteiger partial charge < -0.3 is 15.6 Å². The second-order valence-corrected chi connectivity index (χ2v) is 3.60. The number of ether oxygens (including phenoxy) is 1. The minimum Gasteiger partial charge on any atom is -0.489 e. The van der Waals surface area contributed by atoms with E-state index >= 15 is 0 Å². The van der Waals surface area contributed by atoms with Gasteiger partial charge in [0.1, 0.15) is 18.5 Å². The number of aliphatic hydroxyl groups excluding tert-OH is 1. The van der Waals surface area contributed by atoms with Crippen LogP contribution in [0.4, 0.5) is 10.1 Å². The predicted molar refractivity (Wildman–Crippen MR) is 58.6 cm³/mol. The molecule has 1 aromatic carbocycles. The topological polar surface area (TPSA) is 98.6 Å². The minimum atomic E-state index is -1.06. The molecule has 0 saturated carbocycles. The molecular formula is C9H10ClFN2O4. The van der Waals surface area contributed by atoms with Gasteiger partial charge in [0.05, 0.1) is 9.95 Å². The molecule has 1 aromatic rings. The number of nitrogens with zero attached hydrogens (tertiary/aromatic N) is 1. The van der Waals surface area contributed by atoms with Crippen molar-refractivity contribution in [1.29, 1.82) is 0 Å². The van der Waals surface area contributed by atoms with E-state index in [0.717, 1.165) is 12.1 Å². The number of nitro benzene ring substituents is 1. The summed E-state index contributed by atoms with van der Waals surface area (Å²) >= 11 is 5.66. The van der Waals surface area contributed by atoms with Crippen molar-refractivity contribution in [2.75, 3.05) is 13.2 Å². The smallest absolute Gasteiger partial charge is 0.306 e. The van der Waals surface area contributed by atoms with Crippen LogP contribution in [-0.2, 0) is 0 Å². The Labute approximate surface area is 101 Å². The van der Waals surface area contributed by atoms with E-state index < -0.39 is 22.5 Å². The van der Waals surface area contributed by atoms with E-state index in [1.54, 1.807) is 0 Å². The maximum Gasteiger partial charge on any atom is 0.306 e. The Morgan fingerprint density at radius 2 is 2.29 bits per heavy atom. The largest absolute Gasteiger partial charge is 0.489 e. The molecule has 1 rings (SSSR count). The average Bonchev–Trinajstić information content (AvgIpc) is 2.28. The fraction of sp³-hybridized carbons (Fsp3) is 0.333. The van der Waals surface area contributed by atoms with E-state index in [2.05, 4.69) is 0 Å². The van der Waals surface area contributed by atoms with E-state index in [0.29, 0.717) is 0 Å². The number of benzene rings is 1. The van der Waals surface area contributed by atoms with Gasteiger partial charge in [0.25, 0.3) is 0 Å². The standard InChI is InChI=1S/C9H10ClFN2O4/c10-6-1-8(13(15)16)7(11)2-9(6)17-4-5(14)3-12/h1-2,5,14H,3-4,12H2. The van der Waals surface area contributed by atoms with Crippen molar-refractivity contribution in [2.45, 2.75) is 6.10 Å². The lowest BCUT2D eigenvalue weighted by molar-refractivity contribution is -0.387. The Morgan fingerprint density at radius 1 is 1.65 bits per heavy atom. The summed E-state index contributed by atoms with van der Waals surface area (Å²) in [6.45, 7) is -0.194. The lowest BCUT2D eigenvalue weighted by Crippen LogP contribution is -2.26. The molecule has 17 heavy (non-hydrogen) atoms. The van der Waals surface area contributed by atoms with Crippen LogP contribution in [-0.4, -0.2) is 29.3 Å². The Balaban J connectivity index is 2.88. The van der Waals surface area contributed by atoms with E-state index in [-0.39, 0.29) is 23.9 Å². The molecule has 3 N–H and O–H groups in total. The highest BCUT2D eigenvalue weighted by molar-refractivity contribution is 6.32. The van der Waals surface area contributed by atoms with Crippen molar-refractivity contribution in [2.24, 2.45) is 5.73 Å². The van der Waals surface area contributed by atoms with Gasteiger partial charge in [-0.15, -0.1) is 0 Å². The van der Waals surface area contributed by atoms with Gasteiger partial charge in [-0.3, -0.25) is 10.1 Å². The number of hydrogen-bond donors (Lipinski definition) is 2. The highest BCUT2D eigenvalue weighted by Gasteiger charge is 2.18. The maximum absolute atomic E-state index is 13.2. The zero-order valence-corrected chi connectivity index (χ0v) is 9.35. The van der Waals surface area contributed by atoms with Crippen LogP contribution in [0.5, 0.6) is 5.75 Å². The van der Waals surface area contributed by atoms with Crippen LogP contribution in [0.25, 0.3) is 0 Å². The number of halogens is 2. The summed E-state index contributed by atoms with van der Waals surface area (Å²) in [6.07, 6.45) is -0.913. The van der Waals surface area contributed by atoms with Crippen LogP contribution < -0.4 is 10.5 Å². The Hall–Kier alpha value is -1.44. The summed E-state index contributed by atoms with van der Waals surface area (Å²) in [6, 6.07) is 1.64. The average molecular weight is 265 g/mol. The van der Waals surface area contributed by atoms with Crippen molar-refractivity contribution < 1.29 is 19.2 Å². The quantitative estimate of drug-likeness (QED) is 0.612. The fourth-order valence-electron chi connectivity index (χ4n) is 1.02. The van der Waals surface area contributed by atoms with Crippen molar-refractivity contribution in [1.82, 2.24) is 0 Å². The molecule has 0 aliphatic rings. The van der Waals surface area contributed by atoms with E-state index in [4.69, 9.17) is 27.2 Å². The van der Waals surface area contributed by atoms with Crippen LogP contribution >= 0.6 is 11.6 Å². The van der Waals surface area contributed by atoms with Crippen LogP contribution in [0.2, 0.25) is 5.02 Å². The third-order valence-corrected chi connectivity index (χ3v) is 2.20. The van der Waals surface area contributed by atoms with Crippen LogP contribution in [0, 0.1) is 15.9 Å². The Morgan fingerprint density at radius 3 is 2.82 bits per heavy atom. The van der Waals surface area contributed by atoms with Crippen LogP contribution in [0.3, 0.4) is 0 Å². The first kappa shape index (κ1) is 13.6. The number of nitro groups is 1. The molecule has 0 spiro atoms. The highest BCUT2D eigenvalue weighted by atomic mass is 35.5. The molecule has 94 valence electrons. The monoisotopic (exact) mass is 264 g/mol. The van der Waals surface area contributed by atoms with Crippen molar-refractivity contribution in [3.05, 3.63) is 33.1 Å². The summed E-state index contributed by atoms with van der Waals surface area (Å²) in [5, 5.41) is 19.4. The molecule has 6 nitrogen and oxygen atoms in total. The van der Waals surface area contributed by atoms with E-state index in [1.807, 2.05) is 0 Å². The third kappa shape index (κ3) is 3.52. The van der Waals surface area contributed by atoms with Gasteiger partial charge in [-0.1, -0.05) is 11.6 Å². The van der Waals surface area contributed by atoms with Crippen LogP contribution in [0.15, 0.2) is 12.1 Å². The fourth-order valence-corrected chi connectivity index (χ4v) is 1.24. The first-order valence-corrected chi connectivity index (χ1v) is 4.98. The van der Waals surface area contributed by atoms with Crippen molar-refractivity contribution >= 4 is 17.3 Å². The lowest BCUT2D eigenvalue weighted by Gasteiger charge is -2.11. The Kier molecular flexibility index (Phi) is 4.62. The highest BCUT2D eigenvalue weighted by Crippen LogP contribution is 2.31.